The van der Waals surface area contributed by atoms with Crippen molar-refractivity contribution in [2.45, 2.75) is 20.3 Å². The molecule has 0 radical (unpaired) electrons. The molecule has 2 aromatic rings. The molecule has 4 atom stereocenters. The number of imide groups is 1. The fraction of sp³-hybridized carbons (Fsp3) is 0.292. The molecule has 3 aliphatic rings. The number of benzene rings is 2. The van der Waals surface area contributed by atoms with Crippen LogP contribution in [0.2, 0.25) is 0 Å². The summed E-state index contributed by atoms with van der Waals surface area (Å²) in [6.07, 6.45) is 5.02. The highest BCUT2D eigenvalue weighted by atomic mass is 16.2. The van der Waals surface area contributed by atoms with Gasteiger partial charge in [0, 0.05) is 5.69 Å². The minimum atomic E-state index is -0.326. The molecule has 2 aromatic carbocycles. The number of allylic oxidation sites excluding steroid dienone is 2. The van der Waals surface area contributed by atoms with Crippen molar-refractivity contribution in [3.05, 3.63) is 71.3 Å². The van der Waals surface area contributed by atoms with Crippen molar-refractivity contribution in [1.29, 1.82) is 0 Å². The average Bonchev–Trinajstić information content (AvgIpc) is 3.39. The second-order valence-corrected chi connectivity index (χ2v) is 8.23. The second-order valence-electron chi connectivity index (χ2n) is 8.23. The van der Waals surface area contributed by atoms with Crippen LogP contribution in [0.5, 0.6) is 0 Å². The molecule has 0 aromatic heterocycles. The molecule has 146 valence electrons. The smallest absolute Gasteiger partial charge is 0.257 e. The first-order valence-electron chi connectivity index (χ1n) is 10.00. The van der Waals surface area contributed by atoms with E-state index in [0.29, 0.717) is 11.3 Å². The lowest BCUT2D eigenvalue weighted by Crippen LogP contribution is -2.34. The van der Waals surface area contributed by atoms with Gasteiger partial charge in [0.15, 0.2) is 0 Å². The molecule has 1 heterocycles. The Kier molecular flexibility index (Phi) is 3.95. The van der Waals surface area contributed by atoms with Crippen LogP contribution < -0.4 is 10.2 Å². The zero-order valence-electron chi connectivity index (χ0n) is 16.4. The Bertz CT molecular complexity index is 1060. The van der Waals surface area contributed by atoms with Gasteiger partial charge in [0.2, 0.25) is 11.8 Å². The normalized spacial score (nSPS) is 26.9. The van der Waals surface area contributed by atoms with E-state index in [0.717, 1.165) is 23.2 Å². The Hall–Kier alpha value is -3.21. The Morgan fingerprint density at radius 1 is 0.931 bits per heavy atom. The third kappa shape index (κ3) is 2.57. The Morgan fingerprint density at radius 2 is 1.59 bits per heavy atom. The summed E-state index contributed by atoms with van der Waals surface area (Å²) in [6.45, 7) is 3.94. The van der Waals surface area contributed by atoms with Gasteiger partial charge in [-0.15, -0.1) is 0 Å². The summed E-state index contributed by atoms with van der Waals surface area (Å²) in [5.74, 6) is -0.967. The standard InChI is InChI=1S/C24H22N2O3/c1-13-6-5-8-18(14(13)2)25-22(27)17-7-3-4-9-19(17)26-23(28)20-15-10-11-16(12-15)21(20)24(26)29/h3-11,15-16,20-21H,12H2,1-2H3,(H,25,27)/t15-,16-,20-,21-/m0/s1. The van der Waals surface area contributed by atoms with Gasteiger partial charge in [-0.3, -0.25) is 14.4 Å². The van der Waals surface area contributed by atoms with Gasteiger partial charge in [-0.2, -0.15) is 0 Å². The zero-order valence-corrected chi connectivity index (χ0v) is 16.4. The number of carbonyl (C=O) groups excluding carboxylic acids is 3. The number of anilines is 2. The van der Waals surface area contributed by atoms with Crippen LogP contribution >= 0.6 is 0 Å². The van der Waals surface area contributed by atoms with Crippen LogP contribution in [-0.2, 0) is 9.59 Å². The topological polar surface area (TPSA) is 66.5 Å². The number of hydrogen-bond donors (Lipinski definition) is 1. The molecule has 0 unspecified atom stereocenters. The van der Waals surface area contributed by atoms with Crippen molar-refractivity contribution in [3.8, 4) is 0 Å². The first-order valence-corrected chi connectivity index (χ1v) is 10.00. The molecule has 2 aliphatic carbocycles. The van der Waals surface area contributed by atoms with Crippen molar-refractivity contribution in [1.82, 2.24) is 0 Å². The van der Waals surface area contributed by atoms with Gasteiger partial charge in [0.25, 0.3) is 5.91 Å². The molecule has 1 N–H and O–H groups in total. The third-order valence-corrected chi connectivity index (χ3v) is 6.71. The van der Waals surface area contributed by atoms with Crippen LogP contribution in [0.25, 0.3) is 0 Å². The highest BCUT2D eigenvalue weighted by Gasteiger charge is 2.59. The van der Waals surface area contributed by atoms with E-state index in [1.807, 2.05) is 32.0 Å². The summed E-state index contributed by atoms with van der Waals surface area (Å²) in [4.78, 5) is 40.7. The minimum Gasteiger partial charge on any atom is -0.322 e. The lowest BCUT2D eigenvalue weighted by Gasteiger charge is -2.20. The van der Waals surface area contributed by atoms with Crippen LogP contribution in [0.1, 0.15) is 27.9 Å². The molecule has 0 spiro atoms. The van der Waals surface area contributed by atoms with E-state index in [2.05, 4.69) is 17.5 Å². The van der Waals surface area contributed by atoms with Crippen molar-refractivity contribution in [3.63, 3.8) is 0 Å². The van der Waals surface area contributed by atoms with Crippen LogP contribution in [0.15, 0.2) is 54.6 Å². The lowest BCUT2D eigenvalue weighted by molar-refractivity contribution is -0.123. The van der Waals surface area contributed by atoms with E-state index in [9.17, 15) is 14.4 Å². The lowest BCUT2D eigenvalue weighted by atomic mass is 9.85. The van der Waals surface area contributed by atoms with Gasteiger partial charge in [-0.05, 0) is 61.4 Å². The Morgan fingerprint density at radius 3 is 2.28 bits per heavy atom. The Labute approximate surface area is 169 Å². The number of aryl methyl sites for hydroxylation is 1. The second kappa shape index (κ2) is 6.41. The van der Waals surface area contributed by atoms with Crippen LogP contribution in [0.4, 0.5) is 11.4 Å². The Balaban J connectivity index is 1.49. The van der Waals surface area contributed by atoms with Gasteiger partial charge in [-0.1, -0.05) is 36.4 Å². The number of hydrogen-bond acceptors (Lipinski definition) is 3. The molecule has 2 fully saturated rings. The number of amides is 3. The summed E-state index contributed by atoms with van der Waals surface area (Å²) < 4.78 is 0. The van der Waals surface area contributed by atoms with E-state index in [4.69, 9.17) is 0 Å². The molecule has 2 bridgehead atoms. The van der Waals surface area contributed by atoms with Crippen LogP contribution in [0.3, 0.4) is 0 Å². The quantitative estimate of drug-likeness (QED) is 0.643. The molecule has 5 heteroatoms. The van der Waals surface area contributed by atoms with Crippen LogP contribution in [0, 0.1) is 37.5 Å². The summed E-state index contributed by atoms with van der Waals surface area (Å²) in [5.41, 5.74) is 3.50. The maximum atomic E-state index is 13.2. The SMILES string of the molecule is Cc1cccc(NC(=O)c2ccccc2N2C(=O)[C@@H]3[C@@H](C2=O)[C@H]2C=C[C@H]3C2)c1C. The molecule has 29 heavy (non-hydrogen) atoms. The van der Waals surface area contributed by atoms with Crippen molar-refractivity contribution in [2.75, 3.05) is 10.2 Å². The molecule has 1 saturated carbocycles. The predicted octanol–water partition coefficient (Wildman–Crippen LogP) is 3.87. The fourth-order valence-electron chi connectivity index (χ4n) is 5.08. The monoisotopic (exact) mass is 386 g/mol. The van der Waals surface area contributed by atoms with E-state index < -0.39 is 0 Å². The zero-order chi connectivity index (χ0) is 20.3. The van der Waals surface area contributed by atoms with Gasteiger partial charge in [0.1, 0.15) is 0 Å². The highest BCUT2D eigenvalue weighted by Crippen LogP contribution is 2.53. The molecule has 3 amide bonds. The first kappa shape index (κ1) is 17.9. The summed E-state index contributed by atoms with van der Waals surface area (Å²) in [5, 5.41) is 2.94. The van der Waals surface area contributed by atoms with Crippen molar-refractivity contribution >= 4 is 29.1 Å². The molecule has 5 nitrogen and oxygen atoms in total. The van der Waals surface area contributed by atoms with E-state index >= 15 is 0 Å². The van der Waals surface area contributed by atoms with Gasteiger partial charge in [0.05, 0.1) is 23.1 Å². The van der Waals surface area contributed by atoms with Crippen molar-refractivity contribution < 1.29 is 14.4 Å². The number of para-hydroxylation sites is 1. The summed E-state index contributed by atoms with van der Waals surface area (Å²) in [6, 6.07) is 12.6. The maximum absolute atomic E-state index is 13.2. The molecular formula is C24H22N2O3. The van der Waals surface area contributed by atoms with E-state index in [1.54, 1.807) is 24.3 Å². The number of fused-ring (bicyclic) bond motifs is 5. The fourth-order valence-corrected chi connectivity index (χ4v) is 5.08. The van der Waals surface area contributed by atoms with Crippen LogP contribution in [-0.4, -0.2) is 17.7 Å². The average molecular weight is 386 g/mol. The minimum absolute atomic E-state index is 0.141. The van der Waals surface area contributed by atoms with Gasteiger partial charge < -0.3 is 5.32 Å². The number of nitrogens with zero attached hydrogens (tertiary/aromatic N) is 1. The number of carbonyl (C=O) groups is 3. The maximum Gasteiger partial charge on any atom is 0.257 e. The van der Waals surface area contributed by atoms with Gasteiger partial charge in [-0.25, -0.2) is 4.90 Å². The third-order valence-electron chi connectivity index (χ3n) is 6.71. The predicted molar refractivity (Wildman–Crippen MR) is 111 cm³/mol. The molecule has 1 aliphatic heterocycles. The summed E-state index contributed by atoms with van der Waals surface area (Å²) in [7, 11) is 0. The van der Waals surface area contributed by atoms with E-state index in [-0.39, 0.29) is 41.4 Å². The number of nitrogens with one attached hydrogen (secondary N) is 1. The summed E-state index contributed by atoms with van der Waals surface area (Å²) >= 11 is 0. The molecule has 5 rings (SSSR count). The first-order chi connectivity index (χ1) is 14.0. The largest absolute Gasteiger partial charge is 0.322 e. The molecule has 1 saturated heterocycles. The van der Waals surface area contributed by atoms with Crippen molar-refractivity contribution in [2.24, 2.45) is 23.7 Å². The highest BCUT2D eigenvalue weighted by molar-refractivity contribution is 6.25. The van der Waals surface area contributed by atoms with Gasteiger partial charge >= 0.3 is 0 Å². The van der Waals surface area contributed by atoms with E-state index in [1.165, 1.54) is 4.90 Å². The molecular weight excluding hydrogens is 364 g/mol. The number of rotatable bonds is 3.